The molecule has 1 aromatic rings. The summed E-state index contributed by atoms with van der Waals surface area (Å²) >= 11 is 0. The smallest absolute Gasteiger partial charge is 0.292 e. The molecule has 1 aliphatic carbocycles. The number of nitrogens with zero attached hydrogens (tertiary/aromatic N) is 1. The normalized spacial score (nSPS) is 15.5. The van der Waals surface area contributed by atoms with Crippen molar-refractivity contribution in [1.82, 2.24) is 0 Å². The van der Waals surface area contributed by atoms with Crippen LogP contribution in [0.15, 0.2) is 36.4 Å². The maximum absolute atomic E-state index is 10.7. The molecule has 0 heterocycles. The van der Waals surface area contributed by atoms with Crippen LogP contribution in [0, 0.1) is 10.1 Å². The van der Waals surface area contributed by atoms with Crippen LogP contribution in [0.3, 0.4) is 0 Å². The van der Waals surface area contributed by atoms with Crippen LogP contribution in [0.25, 0.3) is 0 Å². The van der Waals surface area contributed by atoms with Crippen molar-refractivity contribution in [1.29, 1.82) is 0 Å². The summed E-state index contributed by atoms with van der Waals surface area (Å²) in [5, 5.41) is 13.9. The minimum absolute atomic E-state index is 0.143. The van der Waals surface area contributed by atoms with E-state index in [0.717, 1.165) is 12.8 Å². The third-order valence-corrected chi connectivity index (χ3v) is 2.47. The molecule has 1 aromatic carbocycles. The summed E-state index contributed by atoms with van der Waals surface area (Å²) in [6, 6.07) is 7.04. The monoisotopic (exact) mass is 204 g/mol. The van der Waals surface area contributed by atoms with Crippen LogP contribution in [0.1, 0.15) is 12.8 Å². The maximum atomic E-state index is 10.7. The number of nitrogens with one attached hydrogen (secondary N) is 1. The zero-order valence-electron chi connectivity index (χ0n) is 8.22. The molecule has 0 saturated carbocycles. The first-order valence-corrected chi connectivity index (χ1v) is 4.92. The van der Waals surface area contributed by atoms with E-state index >= 15 is 0 Å². The summed E-state index contributed by atoms with van der Waals surface area (Å²) < 4.78 is 0. The van der Waals surface area contributed by atoms with Gasteiger partial charge in [-0.05, 0) is 18.9 Å². The van der Waals surface area contributed by atoms with E-state index in [9.17, 15) is 10.1 Å². The van der Waals surface area contributed by atoms with Crippen molar-refractivity contribution >= 4 is 11.4 Å². The summed E-state index contributed by atoms with van der Waals surface area (Å²) in [4.78, 5) is 10.4. The number of rotatable bonds is 3. The van der Waals surface area contributed by atoms with Crippen LogP contribution >= 0.6 is 0 Å². The molecule has 0 radical (unpaired) electrons. The Hall–Kier alpha value is -1.84. The summed E-state index contributed by atoms with van der Waals surface area (Å²) in [5.74, 6) is 0. The Kier molecular flexibility index (Phi) is 2.67. The van der Waals surface area contributed by atoms with Crippen molar-refractivity contribution in [2.75, 3.05) is 5.32 Å². The Bertz CT molecular complexity index is 393. The Morgan fingerprint density at radius 3 is 2.60 bits per heavy atom. The maximum Gasteiger partial charge on any atom is 0.292 e. The second kappa shape index (κ2) is 4.13. The van der Waals surface area contributed by atoms with Gasteiger partial charge in [-0.2, -0.15) is 0 Å². The average Bonchev–Trinajstić information content (AvgIpc) is 2.71. The van der Waals surface area contributed by atoms with Crippen molar-refractivity contribution < 1.29 is 4.92 Å². The molecule has 0 unspecified atom stereocenters. The van der Waals surface area contributed by atoms with E-state index in [-0.39, 0.29) is 10.6 Å². The largest absolute Gasteiger partial charge is 0.376 e. The van der Waals surface area contributed by atoms with Gasteiger partial charge in [0.05, 0.1) is 4.92 Å². The van der Waals surface area contributed by atoms with E-state index in [0.29, 0.717) is 11.7 Å². The first kappa shape index (κ1) is 9.71. The molecule has 2 rings (SSSR count). The highest BCUT2D eigenvalue weighted by molar-refractivity contribution is 5.61. The standard InChI is InChI=1S/C11H12N2O2/c14-13(15)11-8-4-3-7-10(11)12-9-5-1-2-6-9/h1-4,7-9,12H,5-6H2. The molecule has 0 saturated heterocycles. The second-order valence-corrected chi connectivity index (χ2v) is 3.56. The van der Waals surface area contributed by atoms with E-state index in [1.807, 2.05) is 0 Å². The van der Waals surface area contributed by atoms with Crippen molar-refractivity contribution in [2.24, 2.45) is 0 Å². The molecular formula is C11H12N2O2. The zero-order chi connectivity index (χ0) is 10.7. The highest BCUT2D eigenvalue weighted by Crippen LogP contribution is 2.26. The van der Waals surface area contributed by atoms with Gasteiger partial charge in [-0.3, -0.25) is 10.1 Å². The number of para-hydroxylation sites is 2. The van der Waals surface area contributed by atoms with Gasteiger partial charge in [0, 0.05) is 12.1 Å². The van der Waals surface area contributed by atoms with Crippen molar-refractivity contribution in [3.8, 4) is 0 Å². The number of benzene rings is 1. The molecule has 0 atom stereocenters. The lowest BCUT2D eigenvalue weighted by Crippen LogP contribution is -2.15. The first-order valence-electron chi connectivity index (χ1n) is 4.92. The van der Waals surface area contributed by atoms with Crippen molar-refractivity contribution in [3.05, 3.63) is 46.5 Å². The summed E-state index contributed by atoms with van der Waals surface area (Å²) in [7, 11) is 0. The van der Waals surface area contributed by atoms with Crippen LogP contribution < -0.4 is 5.32 Å². The molecule has 4 heteroatoms. The summed E-state index contributed by atoms with van der Waals surface area (Å²) in [5.41, 5.74) is 0.751. The van der Waals surface area contributed by atoms with Crippen LogP contribution in [0.5, 0.6) is 0 Å². The zero-order valence-corrected chi connectivity index (χ0v) is 8.22. The third kappa shape index (κ3) is 2.15. The van der Waals surface area contributed by atoms with Gasteiger partial charge in [0.2, 0.25) is 0 Å². The summed E-state index contributed by atoms with van der Waals surface area (Å²) in [6.45, 7) is 0. The third-order valence-electron chi connectivity index (χ3n) is 2.47. The SMILES string of the molecule is O=[N+]([O-])c1ccccc1NC1CC=CC1. The number of hydrogen-bond acceptors (Lipinski definition) is 3. The number of nitro benzene ring substituents is 1. The lowest BCUT2D eigenvalue weighted by Gasteiger charge is -2.13. The van der Waals surface area contributed by atoms with Gasteiger partial charge in [-0.15, -0.1) is 0 Å². The Labute approximate surface area is 87.8 Å². The average molecular weight is 204 g/mol. The van der Waals surface area contributed by atoms with Crippen molar-refractivity contribution in [2.45, 2.75) is 18.9 Å². The molecule has 78 valence electrons. The van der Waals surface area contributed by atoms with E-state index in [1.165, 1.54) is 6.07 Å². The van der Waals surface area contributed by atoms with E-state index in [1.54, 1.807) is 18.2 Å². The van der Waals surface area contributed by atoms with Gasteiger partial charge in [0.15, 0.2) is 0 Å². The highest BCUT2D eigenvalue weighted by Gasteiger charge is 2.16. The molecular weight excluding hydrogens is 192 g/mol. The molecule has 4 nitrogen and oxygen atoms in total. The minimum atomic E-state index is -0.356. The van der Waals surface area contributed by atoms with Gasteiger partial charge in [0.25, 0.3) is 5.69 Å². The molecule has 0 fully saturated rings. The van der Waals surface area contributed by atoms with E-state index < -0.39 is 0 Å². The number of hydrogen-bond donors (Lipinski definition) is 1. The Balaban J connectivity index is 2.16. The predicted octanol–water partition coefficient (Wildman–Crippen LogP) is 2.73. The van der Waals surface area contributed by atoms with Crippen LogP contribution in [-0.4, -0.2) is 11.0 Å². The molecule has 0 bridgehead atoms. The molecule has 0 aliphatic heterocycles. The molecule has 0 amide bonds. The lowest BCUT2D eigenvalue weighted by molar-refractivity contribution is -0.384. The predicted molar refractivity (Wildman–Crippen MR) is 58.9 cm³/mol. The van der Waals surface area contributed by atoms with Gasteiger partial charge in [0.1, 0.15) is 5.69 Å². The van der Waals surface area contributed by atoms with Gasteiger partial charge < -0.3 is 5.32 Å². The highest BCUT2D eigenvalue weighted by atomic mass is 16.6. The van der Waals surface area contributed by atoms with Crippen molar-refractivity contribution in [3.63, 3.8) is 0 Å². The molecule has 0 spiro atoms. The number of anilines is 1. The number of nitro groups is 1. The van der Waals surface area contributed by atoms with Crippen LogP contribution in [0.4, 0.5) is 11.4 Å². The van der Waals surface area contributed by atoms with E-state index in [2.05, 4.69) is 17.5 Å². The molecule has 0 aromatic heterocycles. The van der Waals surface area contributed by atoms with E-state index in [4.69, 9.17) is 0 Å². The Morgan fingerprint density at radius 1 is 1.27 bits per heavy atom. The van der Waals surface area contributed by atoms with Crippen LogP contribution in [-0.2, 0) is 0 Å². The van der Waals surface area contributed by atoms with Crippen LogP contribution in [0.2, 0.25) is 0 Å². The molecule has 1 aliphatic rings. The van der Waals surface area contributed by atoms with Gasteiger partial charge >= 0.3 is 0 Å². The minimum Gasteiger partial charge on any atom is -0.376 e. The molecule has 1 N–H and O–H groups in total. The fourth-order valence-corrected chi connectivity index (χ4v) is 1.71. The Morgan fingerprint density at radius 2 is 1.93 bits per heavy atom. The lowest BCUT2D eigenvalue weighted by atomic mass is 10.2. The van der Waals surface area contributed by atoms with Gasteiger partial charge in [-0.25, -0.2) is 0 Å². The topological polar surface area (TPSA) is 55.2 Å². The fraction of sp³-hybridized carbons (Fsp3) is 0.273. The summed E-state index contributed by atoms with van der Waals surface area (Å²) in [6.07, 6.45) is 6.05. The first-order chi connectivity index (χ1) is 7.27. The second-order valence-electron chi connectivity index (χ2n) is 3.56. The molecule has 15 heavy (non-hydrogen) atoms. The quantitative estimate of drug-likeness (QED) is 0.468. The van der Waals surface area contributed by atoms with Gasteiger partial charge in [-0.1, -0.05) is 24.3 Å². The fourth-order valence-electron chi connectivity index (χ4n) is 1.71.